The van der Waals surface area contributed by atoms with Gasteiger partial charge in [0.05, 0.1) is 11.7 Å². The van der Waals surface area contributed by atoms with E-state index in [0.717, 1.165) is 5.52 Å². The van der Waals surface area contributed by atoms with Crippen LogP contribution in [-0.2, 0) is 0 Å². The van der Waals surface area contributed by atoms with Gasteiger partial charge in [-0.25, -0.2) is 24.9 Å². The Kier molecular flexibility index (Phi) is 11.8. The normalized spacial score (nSPS) is 10.2. The summed E-state index contributed by atoms with van der Waals surface area (Å²) in [5.74, 6) is 0.431. The number of nitrogens with zero attached hydrogens (tertiary/aromatic N) is 12. The molecule has 17 heteroatoms. The van der Waals surface area contributed by atoms with Gasteiger partial charge in [-0.15, -0.1) is 0 Å². The first-order chi connectivity index (χ1) is 26.9. The van der Waals surface area contributed by atoms with E-state index in [1.165, 1.54) is 71.0 Å². The maximum absolute atomic E-state index is 11.1. The second-order valence-corrected chi connectivity index (χ2v) is 10.8. The first-order valence-electron chi connectivity index (χ1n) is 16.2. The van der Waals surface area contributed by atoms with E-state index in [2.05, 4.69) is 35.0 Å². The molecule has 0 saturated carbocycles. The van der Waals surface area contributed by atoms with Crippen molar-refractivity contribution in [3.8, 4) is 0 Å². The van der Waals surface area contributed by atoms with Crippen molar-refractivity contribution in [3.63, 3.8) is 0 Å². The summed E-state index contributed by atoms with van der Waals surface area (Å²) in [6, 6.07) is 26.8. The highest BCUT2D eigenvalue weighted by Crippen LogP contribution is 1.95. The van der Waals surface area contributed by atoms with Gasteiger partial charge in [0, 0.05) is 98.5 Å². The number of hydrogen-bond donors (Lipinski definition) is 0. The van der Waals surface area contributed by atoms with Crippen LogP contribution in [0.15, 0.2) is 195 Å². The molecule has 0 fully saturated rings. The van der Waals surface area contributed by atoms with Crippen molar-refractivity contribution in [2.75, 3.05) is 0 Å². The Balaban J connectivity index is 0.000000117. The van der Waals surface area contributed by atoms with Crippen LogP contribution in [0.25, 0.3) is 28.2 Å². The van der Waals surface area contributed by atoms with Gasteiger partial charge in [0.25, 0.3) is 27.8 Å². The topological polar surface area (TPSA) is 198 Å². The number of pyridine rings is 3. The molecule has 0 saturated heterocycles. The molecule has 0 aliphatic carbocycles. The second-order valence-electron chi connectivity index (χ2n) is 10.8. The molecule has 55 heavy (non-hydrogen) atoms. The molecule has 0 aliphatic rings. The molecule has 270 valence electrons. The average molecular weight is 733 g/mol. The Labute approximate surface area is 308 Å². The summed E-state index contributed by atoms with van der Waals surface area (Å²) >= 11 is 0. The van der Waals surface area contributed by atoms with Gasteiger partial charge in [-0.1, -0.05) is 18.2 Å². The lowest BCUT2D eigenvalue weighted by atomic mass is 10.4. The van der Waals surface area contributed by atoms with Crippen molar-refractivity contribution in [2.45, 2.75) is 0 Å². The van der Waals surface area contributed by atoms with E-state index in [9.17, 15) is 24.0 Å². The summed E-state index contributed by atoms with van der Waals surface area (Å²) in [7, 11) is 0. The fourth-order valence-corrected chi connectivity index (χ4v) is 4.74. The Hall–Kier alpha value is -8.34. The van der Waals surface area contributed by atoms with Crippen LogP contribution in [0.5, 0.6) is 0 Å². The van der Waals surface area contributed by atoms with Crippen molar-refractivity contribution < 1.29 is 0 Å². The van der Waals surface area contributed by atoms with Crippen LogP contribution in [0.1, 0.15) is 0 Å². The maximum Gasteiger partial charge on any atom is 0.271 e. The van der Waals surface area contributed by atoms with Gasteiger partial charge >= 0.3 is 0 Å². The lowest BCUT2D eigenvalue weighted by Gasteiger charge is -1.94. The van der Waals surface area contributed by atoms with Crippen molar-refractivity contribution >= 4 is 28.2 Å². The summed E-state index contributed by atoms with van der Waals surface area (Å²) in [4.78, 5) is 79.0. The molecule has 0 radical (unpaired) electrons. The van der Waals surface area contributed by atoms with Crippen LogP contribution in [0, 0.1) is 0 Å². The minimum atomic E-state index is -0.108. The van der Waals surface area contributed by atoms with Crippen molar-refractivity contribution in [3.05, 3.63) is 223 Å². The molecule has 0 spiro atoms. The molecule has 10 heterocycles. The van der Waals surface area contributed by atoms with Gasteiger partial charge in [-0.3, -0.25) is 46.6 Å². The van der Waals surface area contributed by atoms with Gasteiger partial charge in [0.15, 0.2) is 5.65 Å². The fraction of sp³-hybridized carbons (Fsp3) is 0. The van der Waals surface area contributed by atoms with Crippen molar-refractivity contribution in [2.24, 2.45) is 0 Å². The monoisotopic (exact) mass is 732 g/mol. The minimum absolute atomic E-state index is 0.0457. The zero-order valence-corrected chi connectivity index (χ0v) is 28.6. The van der Waals surface area contributed by atoms with E-state index in [1.807, 2.05) is 18.2 Å². The molecule has 17 nitrogen and oxygen atoms in total. The summed E-state index contributed by atoms with van der Waals surface area (Å²) < 4.78 is 7.19. The average Bonchev–Trinajstić information content (AvgIpc) is 3.23. The molecule has 0 aliphatic heterocycles. The van der Waals surface area contributed by atoms with Crippen LogP contribution in [0.2, 0.25) is 0 Å². The number of rotatable bonds is 0. The highest BCUT2D eigenvalue weighted by Gasteiger charge is 1.95. The summed E-state index contributed by atoms with van der Waals surface area (Å²) in [6.07, 6.45) is 19.0. The third-order valence-electron chi connectivity index (χ3n) is 7.26. The summed E-state index contributed by atoms with van der Waals surface area (Å²) in [6.45, 7) is 0. The lowest BCUT2D eigenvalue weighted by molar-refractivity contribution is 0.888. The molecule has 0 aromatic carbocycles. The predicted octanol–water partition coefficient (Wildman–Crippen LogP) is 2.26. The van der Waals surface area contributed by atoms with Crippen LogP contribution >= 0.6 is 0 Å². The van der Waals surface area contributed by atoms with E-state index < -0.39 is 0 Å². The molecule has 0 amide bonds. The number of fused-ring (bicyclic) bond motifs is 5. The molecule has 0 N–H and O–H groups in total. The zero-order valence-electron chi connectivity index (χ0n) is 28.6. The maximum atomic E-state index is 11.1. The Morgan fingerprint density at radius 2 is 0.891 bits per heavy atom. The van der Waals surface area contributed by atoms with E-state index in [1.54, 1.807) is 104 Å². The highest BCUT2D eigenvalue weighted by atomic mass is 16.1. The molecule has 0 bridgehead atoms. The van der Waals surface area contributed by atoms with E-state index in [-0.39, 0.29) is 27.8 Å². The van der Waals surface area contributed by atoms with Crippen LogP contribution < -0.4 is 27.8 Å². The first kappa shape index (κ1) is 36.5. The van der Waals surface area contributed by atoms with Crippen molar-refractivity contribution in [1.29, 1.82) is 0 Å². The Bertz CT molecular complexity index is 2640. The molecule has 0 unspecified atom stereocenters. The third kappa shape index (κ3) is 9.32. The molecule has 10 aromatic rings. The van der Waals surface area contributed by atoms with Crippen molar-refractivity contribution in [1.82, 2.24) is 57.1 Å². The van der Waals surface area contributed by atoms with Gasteiger partial charge in [0.1, 0.15) is 11.3 Å². The van der Waals surface area contributed by atoms with Gasteiger partial charge in [-0.05, 0) is 48.5 Å². The van der Waals surface area contributed by atoms with Gasteiger partial charge in [-0.2, -0.15) is 9.61 Å². The molecule has 0 atom stereocenters. The zero-order chi connectivity index (χ0) is 38.4. The van der Waals surface area contributed by atoms with Crippen LogP contribution in [0.4, 0.5) is 0 Å². The number of aromatic nitrogens is 12. The second kappa shape index (κ2) is 17.7. The van der Waals surface area contributed by atoms with E-state index >= 15 is 0 Å². The largest absolute Gasteiger partial charge is 0.271 e. The van der Waals surface area contributed by atoms with E-state index in [0.29, 0.717) is 22.7 Å². The molecular formula is C38H28N12O5. The van der Waals surface area contributed by atoms with Gasteiger partial charge in [0.2, 0.25) is 5.78 Å². The summed E-state index contributed by atoms with van der Waals surface area (Å²) in [5.41, 5.74) is 2.37. The molecule has 10 aromatic heterocycles. The standard InChI is InChI=1S/3C8H6N2O.2C7H5N3O/c11-8-5-1-3-7-4-2-6-9-10(7)8;11-8-4-1-3-7-9-5-2-6-10(7)8;11-8-4-5-9-7-3-1-2-6-10(7)8;11-6-2-4-9-7-8-3-1-5-10(6)7;11-7-1-2-9-6-5-8-3-4-10(6)7/h3*1-6H;2*1-5H. The quantitative estimate of drug-likeness (QED) is 0.221. The predicted molar refractivity (Wildman–Crippen MR) is 203 cm³/mol. The van der Waals surface area contributed by atoms with E-state index in [4.69, 9.17) is 0 Å². The molecule has 10 rings (SSSR count). The smallest absolute Gasteiger partial charge is 0.269 e. The Morgan fingerprint density at radius 3 is 1.60 bits per heavy atom. The SMILES string of the molecule is O=c1cccc2cccnn12.O=c1cccc2ncccn12.O=c1ccnc2ccccn12.O=c1ccnc2cnccn12.O=c1ccnc2ncccn12. The third-order valence-corrected chi connectivity index (χ3v) is 7.26. The fourth-order valence-electron chi connectivity index (χ4n) is 4.74. The summed E-state index contributed by atoms with van der Waals surface area (Å²) in [5, 5.41) is 3.88. The van der Waals surface area contributed by atoms with Crippen LogP contribution in [-0.4, -0.2) is 57.1 Å². The first-order valence-corrected chi connectivity index (χ1v) is 16.2. The molecular weight excluding hydrogens is 704 g/mol. The number of hydrogen-bond acceptors (Lipinski definition) is 12. The van der Waals surface area contributed by atoms with Crippen LogP contribution in [0.3, 0.4) is 0 Å². The Morgan fingerprint density at radius 1 is 0.364 bits per heavy atom. The highest BCUT2D eigenvalue weighted by molar-refractivity contribution is 5.43. The lowest BCUT2D eigenvalue weighted by Crippen LogP contribution is -2.13. The van der Waals surface area contributed by atoms with Gasteiger partial charge < -0.3 is 0 Å². The minimum Gasteiger partial charge on any atom is -0.269 e.